The quantitative estimate of drug-likeness (QED) is 0.565. The number of hydrogen-bond donors (Lipinski definition) is 1. The van der Waals surface area contributed by atoms with E-state index in [-0.39, 0.29) is 0 Å². The molecule has 0 aromatic rings. The number of ether oxygens (including phenoxy) is 1. The lowest BCUT2D eigenvalue weighted by Crippen LogP contribution is -2.25. The van der Waals surface area contributed by atoms with Gasteiger partial charge in [-0.1, -0.05) is 34.1 Å². The maximum atomic E-state index is 5.52. The molecule has 15 heavy (non-hydrogen) atoms. The first-order chi connectivity index (χ1) is 7.16. The zero-order chi connectivity index (χ0) is 11.5. The molecule has 0 spiro atoms. The minimum absolute atomic E-state index is 0.752. The molecule has 2 heteroatoms. The maximum absolute atomic E-state index is 5.52. The Morgan fingerprint density at radius 3 is 2.40 bits per heavy atom. The van der Waals surface area contributed by atoms with Crippen LogP contribution in [-0.4, -0.2) is 26.3 Å². The van der Waals surface area contributed by atoms with Gasteiger partial charge in [-0.3, -0.25) is 0 Å². The summed E-state index contributed by atoms with van der Waals surface area (Å²) in [7, 11) is 0. The van der Waals surface area contributed by atoms with E-state index in [2.05, 4.69) is 33.0 Å². The molecule has 1 atom stereocenters. The fourth-order valence-electron chi connectivity index (χ4n) is 1.51. The van der Waals surface area contributed by atoms with Gasteiger partial charge in [0.1, 0.15) is 0 Å². The van der Waals surface area contributed by atoms with Crippen LogP contribution in [0.15, 0.2) is 0 Å². The monoisotopic (exact) mass is 215 g/mol. The first-order valence-corrected chi connectivity index (χ1v) is 6.45. The Hall–Kier alpha value is -0.0800. The minimum Gasteiger partial charge on any atom is -0.380 e. The molecule has 0 rings (SSSR count). The average molecular weight is 215 g/mol. The largest absolute Gasteiger partial charge is 0.380 e. The predicted octanol–water partition coefficient (Wildman–Crippen LogP) is 3.07. The molecule has 0 saturated carbocycles. The summed E-state index contributed by atoms with van der Waals surface area (Å²) in [5, 5.41) is 3.43. The van der Waals surface area contributed by atoms with Gasteiger partial charge in [0.05, 0.1) is 6.61 Å². The van der Waals surface area contributed by atoms with Crippen molar-refractivity contribution in [3.8, 4) is 0 Å². The third kappa shape index (κ3) is 11.8. The van der Waals surface area contributed by atoms with Crippen molar-refractivity contribution in [2.45, 2.75) is 47.0 Å². The molecule has 0 aromatic carbocycles. The molecule has 92 valence electrons. The normalized spacial score (nSPS) is 13.4. The van der Waals surface area contributed by atoms with Gasteiger partial charge in [0.15, 0.2) is 0 Å². The Balaban J connectivity index is 3.04. The van der Waals surface area contributed by atoms with Gasteiger partial charge in [-0.05, 0) is 31.2 Å². The lowest BCUT2D eigenvalue weighted by molar-refractivity contribution is 0.124. The molecule has 0 heterocycles. The second-order valence-corrected chi connectivity index (χ2v) is 4.89. The Kier molecular flexibility index (Phi) is 10.4. The summed E-state index contributed by atoms with van der Waals surface area (Å²) in [4.78, 5) is 0. The minimum atomic E-state index is 0.752. The van der Waals surface area contributed by atoms with Crippen molar-refractivity contribution in [1.82, 2.24) is 5.32 Å². The van der Waals surface area contributed by atoms with Gasteiger partial charge in [-0.25, -0.2) is 0 Å². The Morgan fingerprint density at radius 2 is 1.80 bits per heavy atom. The predicted molar refractivity (Wildman–Crippen MR) is 67.2 cm³/mol. The van der Waals surface area contributed by atoms with Crippen LogP contribution in [0.5, 0.6) is 0 Å². The molecular formula is C13H29NO. The molecule has 0 aliphatic carbocycles. The highest BCUT2D eigenvalue weighted by molar-refractivity contribution is 4.55. The fourth-order valence-corrected chi connectivity index (χ4v) is 1.51. The van der Waals surface area contributed by atoms with Crippen molar-refractivity contribution < 1.29 is 4.74 Å². The third-order valence-electron chi connectivity index (χ3n) is 2.54. The van der Waals surface area contributed by atoms with E-state index in [4.69, 9.17) is 4.74 Å². The van der Waals surface area contributed by atoms with Crippen LogP contribution in [0.3, 0.4) is 0 Å². The van der Waals surface area contributed by atoms with Gasteiger partial charge >= 0.3 is 0 Å². The summed E-state index contributed by atoms with van der Waals surface area (Å²) in [6, 6.07) is 0. The molecule has 2 nitrogen and oxygen atoms in total. The molecule has 0 amide bonds. The molecule has 0 radical (unpaired) electrons. The molecule has 0 aliphatic heterocycles. The highest BCUT2D eigenvalue weighted by atomic mass is 16.5. The highest BCUT2D eigenvalue weighted by Crippen LogP contribution is 2.02. The van der Waals surface area contributed by atoms with Crippen molar-refractivity contribution in [2.75, 3.05) is 26.3 Å². The Labute approximate surface area is 95.8 Å². The van der Waals surface area contributed by atoms with Crippen LogP contribution in [0.4, 0.5) is 0 Å². The van der Waals surface area contributed by atoms with E-state index in [9.17, 15) is 0 Å². The van der Waals surface area contributed by atoms with Gasteiger partial charge in [0.2, 0.25) is 0 Å². The van der Waals surface area contributed by atoms with Gasteiger partial charge < -0.3 is 10.1 Å². The van der Waals surface area contributed by atoms with Gasteiger partial charge in [0, 0.05) is 13.2 Å². The Bertz CT molecular complexity index is 126. The highest BCUT2D eigenvalue weighted by Gasteiger charge is 1.99. The lowest BCUT2D eigenvalue weighted by atomic mass is 10.1. The van der Waals surface area contributed by atoms with E-state index >= 15 is 0 Å². The smallest absolute Gasteiger partial charge is 0.0590 e. The lowest BCUT2D eigenvalue weighted by Gasteiger charge is -2.11. The van der Waals surface area contributed by atoms with Crippen LogP contribution in [0.25, 0.3) is 0 Å². The Morgan fingerprint density at radius 1 is 1.07 bits per heavy atom. The first-order valence-electron chi connectivity index (χ1n) is 6.45. The zero-order valence-electron chi connectivity index (χ0n) is 11.0. The summed E-state index contributed by atoms with van der Waals surface area (Å²) in [5.74, 6) is 1.55. The second-order valence-electron chi connectivity index (χ2n) is 4.89. The molecule has 0 bridgehead atoms. The first kappa shape index (κ1) is 14.9. The summed E-state index contributed by atoms with van der Waals surface area (Å²) < 4.78 is 5.52. The van der Waals surface area contributed by atoms with E-state index in [0.717, 1.165) is 38.1 Å². The van der Waals surface area contributed by atoms with E-state index in [1.165, 1.54) is 19.3 Å². The van der Waals surface area contributed by atoms with Crippen LogP contribution in [0.1, 0.15) is 47.0 Å². The SMILES string of the molecule is CCCC(C)CNCCOCCC(C)C. The summed E-state index contributed by atoms with van der Waals surface area (Å²) in [5.41, 5.74) is 0. The maximum Gasteiger partial charge on any atom is 0.0590 e. The standard InChI is InChI=1S/C13H29NO/c1-5-6-13(4)11-14-8-10-15-9-7-12(2)3/h12-14H,5-11H2,1-4H3. The molecule has 0 aromatic heterocycles. The van der Waals surface area contributed by atoms with Gasteiger partial charge in [-0.2, -0.15) is 0 Å². The molecular weight excluding hydrogens is 186 g/mol. The molecule has 1 unspecified atom stereocenters. The molecule has 0 fully saturated rings. The van der Waals surface area contributed by atoms with E-state index in [1.54, 1.807) is 0 Å². The summed E-state index contributed by atoms with van der Waals surface area (Å²) in [6.07, 6.45) is 3.78. The van der Waals surface area contributed by atoms with Crippen LogP contribution >= 0.6 is 0 Å². The van der Waals surface area contributed by atoms with Crippen molar-refractivity contribution in [3.05, 3.63) is 0 Å². The van der Waals surface area contributed by atoms with Crippen LogP contribution < -0.4 is 5.32 Å². The summed E-state index contributed by atoms with van der Waals surface area (Å²) in [6.45, 7) is 12.9. The number of rotatable bonds is 10. The van der Waals surface area contributed by atoms with Crippen molar-refractivity contribution in [3.63, 3.8) is 0 Å². The van der Waals surface area contributed by atoms with Gasteiger partial charge in [-0.15, -0.1) is 0 Å². The molecule has 0 saturated heterocycles. The average Bonchev–Trinajstić information content (AvgIpc) is 2.16. The number of hydrogen-bond acceptors (Lipinski definition) is 2. The summed E-state index contributed by atoms with van der Waals surface area (Å²) >= 11 is 0. The zero-order valence-corrected chi connectivity index (χ0v) is 11.0. The van der Waals surface area contributed by atoms with Crippen LogP contribution in [0.2, 0.25) is 0 Å². The topological polar surface area (TPSA) is 21.3 Å². The van der Waals surface area contributed by atoms with E-state index in [0.29, 0.717) is 0 Å². The van der Waals surface area contributed by atoms with Crippen molar-refractivity contribution in [1.29, 1.82) is 0 Å². The molecule has 0 aliphatic rings. The fraction of sp³-hybridized carbons (Fsp3) is 1.00. The van der Waals surface area contributed by atoms with Gasteiger partial charge in [0.25, 0.3) is 0 Å². The van der Waals surface area contributed by atoms with Crippen LogP contribution in [0, 0.1) is 11.8 Å². The third-order valence-corrected chi connectivity index (χ3v) is 2.54. The number of nitrogens with one attached hydrogen (secondary N) is 1. The van der Waals surface area contributed by atoms with Crippen LogP contribution in [-0.2, 0) is 4.74 Å². The van der Waals surface area contributed by atoms with Crippen molar-refractivity contribution in [2.24, 2.45) is 11.8 Å². The van der Waals surface area contributed by atoms with Crippen molar-refractivity contribution >= 4 is 0 Å². The van der Waals surface area contributed by atoms with E-state index in [1.807, 2.05) is 0 Å². The molecule has 1 N–H and O–H groups in total. The second kappa shape index (κ2) is 10.4. The van der Waals surface area contributed by atoms with E-state index < -0.39 is 0 Å².